The molecule has 0 unspecified atom stereocenters. The van der Waals surface area contributed by atoms with E-state index in [1.54, 1.807) is 35.0 Å². The summed E-state index contributed by atoms with van der Waals surface area (Å²) in [5.41, 5.74) is 4.80. The first kappa shape index (κ1) is 54.3. The van der Waals surface area contributed by atoms with E-state index >= 15 is 0 Å². The average molecular weight is 1080 g/mol. The second-order valence-electron chi connectivity index (χ2n) is 14.3. The Morgan fingerprint density at radius 1 is 0.915 bits per heavy atom. The monoisotopic (exact) mass is 1080 g/mol. The van der Waals surface area contributed by atoms with Crippen LogP contribution in [-0.4, -0.2) is 94.6 Å². The molecule has 5 rings (SSSR count). The van der Waals surface area contributed by atoms with Crippen LogP contribution in [0.1, 0.15) is 87.0 Å². The number of amides is 3. The number of thiazole rings is 2. The minimum Gasteiger partial charge on any atom is -0.444 e. The van der Waals surface area contributed by atoms with E-state index in [-0.39, 0.29) is 69.2 Å². The van der Waals surface area contributed by atoms with Gasteiger partial charge in [-0.3, -0.25) is 14.7 Å². The molecule has 0 radical (unpaired) electrons. The summed E-state index contributed by atoms with van der Waals surface area (Å²) in [6.45, 7) is 8.34. The maximum Gasteiger partial charge on any atom is 0.407 e. The lowest BCUT2D eigenvalue weighted by Crippen LogP contribution is -2.49. The molecule has 3 heterocycles. The quantitative estimate of drug-likeness (QED) is 0.0662. The number of aromatic nitrogens is 2. The van der Waals surface area contributed by atoms with Gasteiger partial charge in [0.1, 0.15) is 6.61 Å². The fourth-order valence-electron chi connectivity index (χ4n) is 6.55. The van der Waals surface area contributed by atoms with Crippen LogP contribution in [0.25, 0.3) is 0 Å². The number of carbonyl (C=O) groups excluding carboxylic acids is 3. The SMILES string of the molecule is C.C.CC(C)c1nc(CN(C)C(=O)N[C@@H](CCN2CCOCC2)C(=O)C[C@H](CC[C@H](Cc2ccccc2)NC(=O)OCc2cncs2)Cc2ccccc2)cs1.CI.I. The van der Waals surface area contributed by atoms with Gasteiger partial charge in [-0.2, -0.15) is 0 Å². The summed E-state index contributed by atoms with van der Waals surface area (Å²) in [6, 6.07) is 19.1. The maximum atomic E-state index is 14.3. The van der Waals surface area contributed by atoms with Gasteiger partial charge in [0, 0.05) is 56.6 Å². The number of hydrogen-bond acceptors (Lipinski definition) is 10. The zero-order valence-electron chi connectivity index (χ0n) is 33.4. The third-order valence-corrected chi connectivity index (χ3v) is 11.5. The van der Waals surface area contributed by atoms with Crippen LogP contribution >= 0.6 is 69.2 Å². The Balaban J connectivity index is 0.00000343. The standard InChI is InChI=1S/C41H54N6O5S2.CH3I.2CH4.HI/c1-30(2)39-43-35(28-53-39)26-46(3)40(49)45-37(16-17-47-18-20-51-21-19-47)38(48)24-33(22-31-10-6-4-7-11-31)14-15-34(23-32-12-8-5-9-13-32)44-41(50)52-27-36-25-42-29-54-36;1-2;;;/h4-13,25,28-30,33-34,37H,14-24,26-27H2,1-3H3,(H,44,50)(H,45,49);1H3;2*1H4;1H/t33-,34-,37+;;;;/m1..../s1. The van der Waals surface area contributed by atoms with E-state index < -0.39 is 12.1 Å². The van der Waals surface area contributed by atoms with Crippen molar-refractivity contribution in [1.29, 1.82) is 0 Å². The highest BCUT2D eigenvalue weighted by molar-refractivity contribution is 14.1. The second kappa shape index (κ2) is 30.3. The fraction of sp³-hybridized carbons (Fsp3) is 0.523. The number of morpholine rings is 1. The Kier molecular flexibility index (Phi) is 27.9. The van der Waals surface area contributed by atoms with Gasteiger partial charge in [-0.15, -0.1) is 46.7 Å². The van der Waals surface area contributed by atoms with Gasteiger partial charge in [0.05, 0.1) is 46.9 Å². The predicted molar refractivity (Wildman–Crippen MR) is 263 cm³/mol. The molecular weight excluding hydrogens is 1010 g/mol. The van der Waals surface area contributed by atoms with Gasteiger partial charge in [-0.1, -0.05) is 112 Å². The van der Waals surface area contributed by atoms with Crippen LogP contribution < -0.4 is 10.6 Å². The van der Waals surface area contributed by atoms with Crippen molar-refractivity contribution in [2.45, 2.75) is 98.4 Å². The molecule has 4 aromatic rings. The van der Waals surface area contributed by atoms with Crippen molar-refractivity contribution in [2.75, 3.05) is 44.8 Å². The number of ether oxygens (including phenoxy) is 2. The average Bonchev–Trinajstić information content (AvgIpc) is 3.92. The number of nitrogens with one attached hydrogen (secondary N) is 2. The first-order valence-electron chi connectivity index (χ1n) is 19.3. The molecule has 1 aliphatic heterocycles. The molecule has 1 aliphatic rings. The zero-order chi connectivity index (χ0) is 40.1. The molecule has 0 saturated carbocycles. The third kappa shape index (κ3) is 20.1. The smallest absolute Gasteiger partial charge is 0.407 e. The number of Topliss-reactive ketones (excluding diaryl/α,β-unsaturated/α-hetero) is 1. The topological polar surface area (TPSA) is 126 Å². The maximum absolute atomic E-state index is 14.3. The van der Waals surface area contributed by atoms with E-state index in [1.807, 2.05) is 46.7 Å². The van der Waals surface area contributed by atoms with Crippen LogP contribution in [0.4, 0.5) is 9.59 Å². The number of ketones is 1. The van der Waals surface area contributed by atoms with Crippen molar-refractivity contribution in [3.63, 3.8) is 0 Å². The van der Waals surface area contributed by atoms with Crippen molar-refractivity contribution in [1.82, 2.24) is 30.4 Å². The molecular formula is C44H66I2N6O5S2. The molecule has 2 N–H and O–H groups in total. The summed E-state index contributed by atoms with van der Waals surface area (Å²) < 4.78 is 11.1. The van der Waals surface area contributed by atoms with Crippen LogP contribution in [-0.2, 0) is 40.3 Å². The van der Waals surface area contributed by atoms with Crippen LogP contribution in [0.2, 0.25) is 0 Å². The van der Waals surface area contributed by atoms with Gasteiger partial charge in [0.25, 0.3) is 0 Å². The number of halogens is 2. The molecule has 15 heteroatoms. The highest BCUT2D eigenvalue weighted by atomic mass is 127. The van der Waals surface area contributed by atoms with Gasteiger partial charge >= 0.3 is 12.1 Å². The predicted octanol–water partition coefficient (Wildman–Crippen LogP) is 10.0. The van der Waals surface area contributed by atoms with E-state index in [9.17, 15) is 14.4 Å². The number of nitrogens with zero attached hydrogens (tertiary/aromatic N) is 4. The lowest BCUT2D eigenvalue weighted by atomic mass is 9.86. The molecule has 3 atom stereocenters. The van der Waals surface area contributed by atoms with Crippen LogP contribution in [0.15, 0.2) is 77.8 Å². The van der Waals surface area contributed by atoms with Crippen LogP contribution in [0.3, 0.4) is 0 Å². The van der Waals surface area contributed by atoms with E-state index in [2.05, 4.69) is 81.2 Å². The lowest BCUT2D eigenvalue weighted by molar-refractivity contribution is -0.122. The Labute approximate surface area is 392 Å². The summed E-state index contributed by atoms with van der Waals surface area (Å²) in [4.78, 5) is 56.4. The molecule has 0 bridgehead atoms. The molecule has 1 saturated heterocycles. The van der Waals surface area contributed by atoms with Gasteiger partial charge in [-0.05, 0) is 54.1 Å². The van der Waals surface area contributed by atoms with Crippen molar-refractivity contribution < 1.29 is 23.9 Å². The Morgan fingerprint density at radius 3 is 2.15 bits per heavy atom. The van der Waals surface area contributed by atoms with E-state index in [4.69, 9.17) is 14.5 Å². The van der Waals surface area contributed by atoms with Crippen molar-refractivity contribution in [3.05, 3.63) is 104 Å². The molecule has 328 valence electrons. The number of hydrogen-bond donors (Lipinski definition) is 2. The first-order chi connectivity index (χ1) is 27.2. The Hall–Kier alpha value is -2.71. The molecule has 11 nitrogen and oxygen atoms in total. The molecule has 1 fully saturated rings. The van der Waals surface area contributed by atoms with Crippen molar-refractivity contribution in [2.24, 2.45) is 5.92 Å². The third-order valence-electron chi connectivity index (χ3n) is 9.59. The molecule has 59 heavy (non-hydrogen) atoms. The minimum absolute atomic E-state index is 0. The number of alkyl halides is 1. The minimum atomic E-state index is -0.650. The molecule has 2 aromatic carbocycles. The van der Waals surface area contributed by atoms with Crippen molar-refractivity contribution in [3.8, 4) is 0 Å². The number of rotatable bonds is 20. The number of carbonyl (C=O) groups is 3. The first-order valence-corrected chi connectivity index (χ1v) is 23.2. The zero-order valence-corrected chi connectivity index (χ0v) is 39.6. The van der Waals surface area contributed by atoms with Crippen molar-refractivity contribution >= 4 is 87.1 Å². The normalized spacial score (nSPS) is 13.8. The van der Waals surface area contributed by atoms with E-state index in [0.717, 1.165) is 39.8 Å². The largest absolute Gasteiger partial charge is 0.444 e. The van der Waals surface area contributed by atoms with Gasteiger partial charge < -0.3 is 25.0 Å². The highest BCUT2D eigenvalue weighted by Gasteiger charge is 2.28. The summed E-state index contributed by atoms with van der Waals surface area (Å²) in [5, 5.41) is 9.24. The van der Waals surface area contributed by atoms with Crippen LogP contribution in [0.5, 0.6) is 0 Å². The molecule has 3 amide bonds. The Morgan fingerprint density at radius 2 is 1.56 bits per heavy atom. The summed E-state index contributed by atoms with van der Waals surface area (Å²) in [7, 11) is 1.74. The number of benzene rings is 2. The number of urea groups is 1. The summed E-state index contributed by atoms with van der Waals surface area (Å²) >= 11 is 5.19. The molecule has 0 aliphatic carbocycles. The van der Waals surface area contributed by atoms with E-state index in [1.165, 1.54) is 11.3 Å². The van der Waals surface area contributed by atoms with Gasteiger partial charge in [0.15, 0.2) is 5.78 Å². The van der Waals surface area contributed by atoms with Crippen LogP contribution in [0, 0.1) is 5.92 Å². The fourth-order valence-corrected chi connectivity index (χ4v) is 7.89. The van der Waals surface area contributed by atoms with Gasteiger partial charge in [0.2, 0.25) is 0 Å². The van der Waals surface area contributed by atoms with Gasteiger partial charge in [-0.25, -0.2) is 14.6 Å². The summed E-state index contributed by atoms with van der Waals surface area (Å²) in [6.07, 6.45) is 4.69. The highest BCUT2D eigenvalue weighted by Crippen LogP contribution is 2.23. The molecule has 0 spiro atoms. The number of alkyl carbamates (subject to hydrolysis) is 1. The van der Waals surface area contributed by atoms with E-state index in [0.29, 0.717) is 70.7 Å². The second-order valence-corrected chi connectivity index (χ2v) is 16.2. The lowest BCUT2D eigenvalue weighted by Gasteiger charge is -2.29. The molecule has 2 aromatic heterocycles. The Bertz CT molecular complexity index is 1710. The summed E-state index contributed by atoms with van der Waals surface area (Å²) in [5.74, 6) is 0.317.